The first kappa shape index (κ1) is 15.1. The fourth-order valence-electron chi connectivity index (χ4n) is 2.29. The van der Waals surface area contributed by atoms with E-state index in [0.717, 1.165) is 11.1 Å². The zero-order valence-corrected chi connectivity index (χ0v) is 13.5. The van der Waals surface area contributed by atoms with Crippen LogP contribution in [0.15, 0.2) is 48.5 Å². The van der Waals surface area contributed by atoms with Crippen LogP contribution in [0.1, 0.15) is 67.2 Å². The molecule has 0 aliphatic rings. The number of hydrogen-bond acceptors (Lipinski definition) is 0. The minimum atomic E-state index is -0.0718. The Morgan fingerprint density at radius 3 is 1.05 bits per heavy atom. The summed E-state index contributed by atoms with van der Waals surface area (Å²) in [5, 5.41) is -0.0718. The molecule has 0 unspecified atom stereocenters. The molecule has 106 valence electrons. The summed E-state index contributed by atoms with van der Waals surface area (Å²) in [5.74, 6) is 1.12. The van der Waals surface area contributed by atoms with Gasteiger partial charge in [0.05, 0.1) is 5.38 Å². The second-order valence-corrected chi connectivity index (χ2v) is 6.44. The summed E-state index contributed by atoms with van der Waals surface area (Å²) in [6, 6.07) is 17.3. The smallest absolute Gasteiger partial charge is 0.0835 e. The molecule has 2 aromatic carbocycles. The lowest BCUT2D eigenvalue weighted by atomic mass is 9.96. The minimum Gasteiger partial charge on any atom is -0.113 e. The highest BCUT2D eigenvalue weighted by molar-refractivity contribution is 6.22. The van der Waals surface area contributed by atoms with Crippen LogP contribution in [-0.2, 0) is 0 Å². The molecular formula is C19H23Cl. The Labute approximate surface area is 127 Å². The van der Waals surface area contributed by atoms with Crippen molar-refractivity contribution in [3.05, 3.63) is 70.8 Å². The lowest BCUT2D eigenvalue weighted by Gasteiger charge is -2.13. The van der Waals surface area contributed by atoms with Crippen molar-refractivity contribution < 1.29 is 0 Å². The predicted octanol–water partition coefficient (Wildman–Crippen LogP) is 6.26. The van der Waals surface area contributed by atoms with Gasteiger partial charge in [-0.3, -0.25) is 0 Å². The van der Waals surface area contributed by atoms with E-state index in [4.69, 9.17) is 11.6 Å². The monoisotopic (exact) mass is 286 g/mol. The average Bonchev–Trinajstić information content (AvgIpc) is 2.46. The van der Waals surface area contributed by atoms with Gasteiger partial charge in [-0.2, -0.15) is 0 Å². The van der Waals surface area contributed by atoms with Gasteiger partial charge in [0.15, 0.2) is 0 Å². The van der Waals surface area contributed by atoms with E-state index in [1.165, 1.54) is 11.1 Å². The highest BCUT2D eigenvalue weighted by Crippen LogP contribution is 2.30. The van der Waals surface area contributed by atoms with Crippen molar-refractivity contribution in [2.24, 2.45) is 0 Å². The quantitative estimate of drug-likeness (QED) is 0.582. The molecule has 2 aromatic rings. The second-order valence-electron chi connectivity index (χ2n) is 6.01. The van der Waals surface area contributed by atoms with Gasteiger partial charge in [0.25, 0.3) is 0 Å². The van der Waals surface area contributed by atoms with Crippen molar-refractivity contribution >= 4 is 11.6 Å². The number of benzene rings is 2. The van der Waals surface area contributed by atoms with E-state index in [9.17, 15) is 0 Å². The van der Waals surface area contributed by atoms with Crippen LogP contribution in [0.3, 0.4) is 0 Å². The van der Waals surface area contributed by atoms with Crippen molar-refractivity contribution in [1.29, 1.82) is 0 Å². The van der Waals surface area contributed by atoms with Crippen LogP contribution < -0.4 is 0 Å². The Morgan fingerprint density at radius 1 is 0.550 bits per heavy atom. The SMILES string of the molecule is CC(C)c1ccc(C(Cl)c2ccc(C(C)C)cc2)cc1. The summed E-state index contributed by atoms with van der Waals surface area (Å²) in [4.78, 5) is 0. The third-order valence-electron chi connectivity index (χ3n) is 3.79. The highest BCUT2D eigenvalue weighted by atomic mass is 35.5. The van der Waals surface area contributed by atoms with Crippen molar-refractivity contribution in [2.45, 2.75) is 44.9 Å². The Kier molecular flexibility index (Phi) is 4.88. The number of hydrogen-bond donors (Lipinski definition) is 0. The predicted molar refractivity (Wildman–Crippen MR) is 88.8 cm³/mol. The van der Waals surface area contributed by atoms with Crippen LogP contribution in [0.4, 0.5) is 0 Å². The summed E-state index contributed by atoms with van der Waals surface area (Å²) in [7, 11) is 0. The van der Waals surface area contributed by atoms with Gasteiger partial charge in [-0.15, -0.1) is 11.6 Å². The van der Waals surface area contributed by atoms with Gasteiger partial charge in [0.1, 0.15) is 0 Å². The third kappa shape index (κ3) is 3.43. The van der Waals surface area contributed by atoms with E-state index in [0.29, 0.717) is 11.8 Å². The number of alkyl halides is 1. The Balaban J connectivity index is 2.19. The van der Waals surface area contributed by atoms with E-state index < -0.39 is 0 Å². The molecule has 20 heavy (non-hydrogen) atoms. The van der Waals surface area contributed by atoms with Gasteiger partial charge in [-0.05, 0) is 34.1 Å². The van der Waals surface area contributed by atoms with E-state index >= 15 is 0 Å². The first-order chi connectivity index (χ1) is 9.49. The molecule has 0 fully saturated rings. The first-order valence-corrected chi connectivity index (χ1v) is 7.76. The van der Waals surface area contributed by atoms with Crippen LogP contribution in [0.2, 0.25) is 0 Å². The van der Waals surface area contributed by atoms with Crippen molar-refractivity contribution in [3.63, 3.8) is 0 Å². The summed E-state index contributed by atoms with van der Waals surface area (Å²) < 4.78 is 0. The topological polar surface area (TPSA) is 0 Å². The van der Waals surface area contributed by atoms with E-state index in [2.05, 4.69) is 76.2 Å². The van der Waals surface area contributed by atoms with Gasteiger partial charge < -0.3 is 0 Å². The molecule has 0 N–H and O–H groups in total. The molecule has 0 heterocycles. The molecule has 0 spiro atoms. The molecule has 2 rings (SSSR count). The maximum Gasteiger partial charge on any atom is 0.0835 e. The maximum atomic E-state index is 6.60. The molecule has 0 aliphatic carbocycles. The van der Waals surface area contributed by atoms with Crippen LogP contribution in [0.25, 0.3) is 0 Å². The van der Waals surface area contributed by atoms with E-state index in [1.54, 1.807) is 0 Å². The molecule has 0 saturated heterocycles. The number of halogens is 1. The summed E-state index contributed by atoms with van der Waals surface area (Å²) in [6.07, 6.45) is 0. The van der Waals surface area contributed by atoms with Crippen molar-refractivity contribution in [1.82, 2.24) is 0 Å². The molecule has 0 nitrogen and oxygen atoms in total. The van der Waals surface area contributed by atoms with Gasteiger partial charge in [0, 0.05) is 0 Å². The fraction of sp³-hybridized carbons (Fsp3) is 0.368. The molecule has 0 saturated carbocycles. The Morgan fingerprint density at radius 2 is 0.800 bits per heavy atom. The van der Waals surface area contributed by atoms with E-state index in [1.807, 2.05) is 0 Å². The fourth-order valence-corrected chi connectivity index (χ4v) is 2.58. The molecule has 0 amide bonds. The van der Waals surface area contributed by atoms with Crippen LogP contribution in [0.5, 0.6) is 0 Å². The average molecular weight is 287 g/mol. The molecule has 0 aliphatic heterocycles. The Hall–Kier alpha value is -1.27. The third-order valence-corrected chi connectivity index (χ3v) is 4.30. The molecule has 0 radical (unpaired) electrons. The summed E-state index contributed by atoms with van der Waals surface area (Å²) in [5.41, 5.74) is 5.03. The zero-order valence-electron chi connectivity index (χ0n) is 12.7. The molecule has 0 bridgehead atoms. The van der Waals surface area contributed by atoms with Crippen LogP contribution >= 0.6 is 11.6 Å². The van der Waals surface area contributed by atoms with Gasteiger partial charge in [0.2, 0.25) is 0 Å². The molecule has 1 heteroatoms. The maximum absolute atomic E-state index is 6.60. The zero-order chi connectivity index (χ0) is 14.7. The summed E-state index contributed by atoms with van der Waals surface area (Å²) in [6.45, 7) is 8.82. The van der Waals surface area contributed by atoms with E-state index in [-0.39, 0.29) is 5.38 Å². The normalized spacial score (nSPS) is 11.6. The highest BCUT2D eigenvalue weighted by Gasteiger charge is 2.11. The van der Waals surface area contributed by atoms with Crippen molar-refractivity contribution in [2.75, 3.05) is 0 Å². The molecule has 0 atom stereocenters. The Bertz CT molecular complexity index is 483. The van der Waals surface area contributed by atoms with Gasteiger partial charge >= 0.3 is 0 Å². The van der Waals surface area contributed by atoms with Crippen LogP contribution in [-0.4, -0.2) is 0 Å². The molecule has 0 aromatic heterocycles. The lowest BCUT2D eigenvalue weighted by Crippen LogP contribution is -1.96. The van der Waals surface area contributed by atoms with Crippen molar-refractivity contribution in [3.8, 4) is 0 Å². The second kappa shape index (κ2) is 6.45. The summed E-state index contributed by atoms with van der Waals surface area (Å²) >= 11 is 6.60. The van der Waals surface area contributed by atoms with Crippen LogP contribution in [0, 0.1) is 0 Å². The standard InChI is InChI=1S/C19H23Cl/c1-13(2)15-5-9-17(10-6-15)19(20)18-11-7-16(8-12-18)14(3)4/h5-14,19H,1-4H3. The molecular weight excluding hydrogens is 264 g/mol. The van der Waals surface area contributed by atoms with Gasteiger partial charge in [-0.25, -0.2) is 0 Å². The minimum absolute atomic E-state index is 0.0718. The largest absolute Gasteiger partial charge is 0.113 e. The lowest BCUT2D eigenvalue weighted by molar-refractivity contribution is 0.863. The first-order valence-electron chi connectivity index (χ1n) is 7.33. The van der Waals surface area contributed by atoms with Gasteiger partial charge in [-0.1, -0.05) is 76.2 Å². The number of rotatable bonds is 4.